The Labute approximate surface area is 126 Å². The van der Waals surface area contributed by atoms with E-state index in [2.05, 4.69) is 18.8 Å². The summed E-state index contributed by atoms with van der Waals surface area (Å²) < 4.78 is 2.04. The van der Waals surface area contributed by atoms with Crippen LogP contribution in [-0.4, -0.2) is 9.55 Å². The zero-order valence-corrected chi connectivity index (χ0v) is 13.2. The van der Waals surface area contributed by atoms with Crippen LogP contribution in [0.25, 0.3) is 11.0 Å². The SMILES string of the molecule is CC(C)CCCCCCn1c(N)nc2cccc(Cl)c21. The van der Waals surface area contributed by atoms with Crippen molar-refractivity contribution < 1.29 is 0 Å². The summed E-state index contributed by atoms with van der Waals surface area (Å²) in [6, 6.07) is 5.76. The van der Waals surface area contributed by atoms with E-state index in [4.69, 9.17) is 17.3 Å². The molecule has 0 aliphatic rings. The summed E-state index contributed by atoms with van der Waals surface area (Å²) in [6.45, 7) is 5.45. The lowest BCUT2D eigenvalue weighted by Crippen LogP contribution is -2.03. The zero-order chi connectivity index (χ0) is 14.5. The van der Waals surface area contributed by atoms with Gasteiger partial charge in [0.25, 0.3) is 0 Å². The predicted molar refractivity (Wildman–Crippen MR) is 87.1 cm³/mol. The van der Waals surface area contributed by atoms with Gasteiger partial charge in [0.15, 0.2) is 0 Å². The normalized spacial score (nSPS) is 11.6. The number of nitrogen functional groups attached to an aromatic ring is 1. The van der Waals surface area contributed by atoms with E-state index in [0.29, 0.717) is 5.95 Å². The molecule has 0 fully saturated rings. The van der Waals surface area contributed by atoms with Crippen LogP contribution in [0, 0.1) is 5.92 Å². The molecule has 2 N–H and O–H groups in total. The highest BCUT2D eigenvalue weighted by Gasteiger charge is 2.10. The summed E-state index contributed by atoms with van der Waals surface area (Å²) in [5.74, 6) is 1.37. The monoisotopic (exact) mass is 293 g/mol. The smallest absolute Gasteiger partial charge is 0.201 e. The van der Waals surface area contributed by atoms with E-state index in [0.717, 1.165) is 34.9 Å². The third-order valence-electron chi connectivity index (χ3n) is 3.66. The van der Waals surface area contributed by atoms with Gasteiger partial charge in [-0.1, -0.05) is 57.2 Å². The molecule has 0 saturated heterocycles. The lowest BCUT2D eigenvalue weighted by molar-refractivity contribution is 0.508. The van der Waals surface area contributed by atoms with Crippen molar-refractivity contribution in [3.05, 3.63) is 23.2 Å². The van der Waals surface area contributed by atoms with Gasteiger partial charge >= 0.3 is 0 Å². The number of fused-ring (bicyclic) bond motifs is 1. The summed E-state index contributed by atoms with van der Waals surface area (Å²) in [4.78, 5) is 4.37. The van der Waals surface area contributed by atoms with Crippen LogP contribution in [0.4, 0.5) is 5.95 Å². The highest BCUT2D eigenvalue weighted by molar-refractivity contribution is 6.35. The Morgan fingerprint density at radius 2 is 1.95 bits per heavy atom. The molecule has 4 heteroatoms. The van der Waals surface area contributed by atoms with E-state index in [1.807, 2.05) is 22.8 Å². The molecule has 1 aromatic carbocycles. The number of benzene rings is 1. The van der Waals surface area contributed by atoms with Gasteiger partial charge in [-0.2, -0.15) is 0 Å². The third-order valence-corrected chi connectivity index (χ3v) is 3.97. The van der Waals surface area contributed by atoms with Crippen molar-refractivity contribution in [1.29, 1.82) is 0 Å². The maximum atomic E-state index is 6.26. The van der Waals surface area contributed by atoms with Gasteiger partial charge in [0.2, 0.25) is 5.95 Å². The molecule has 3 nitrogen and oxygen atoms in total. The molecule has 0 amide bonds. The van der Waals surface area contributed by atoms with Crippen LogP contribution < -0.4 is 5.73 Å². The molecule has 0 aliphatic heterocycles. The van der Waals surface area contributed by atoms with Crippen molar-refractivity contribution in [3.8, 4) is 0 Å². The molecule has 2 rings (SSSR count). The van der Waals surface area contributed by atoms with Crippen LogP contribution in [0.2, 0.25) is 5.02 Å². The van der Waals surface area contributed by atoms with Gasteiger partial charge < -0.3 is 10.3 Å². The van der Waals surface area contributed by atoms with Crippen molar-refractivity contribution in [2.24, 2.45) is 5.92 Å². The molecular weight excluding hydrogens is 270 g/mol. The first kappa shape index (κ1) is 15.2. The topological polar surface area (TPSA) is 43.8 Å². The zero-order valence-electron chi connectivity index (χ0n) is 12.4. The second-order valence-corrected chi connectivity index (χ2v) is 6.23. The van der Waals surface area contributed by atoms with Crippen LogP contribution in [0.1, 0.15) is 46.0 Å². The van der Waals surface area contributed by atoms with Crippen LogP contribution in [0.5, 0.6) is 0 Å². The maximum absolute atomic E-state index is 6.26. The minimum atomic E-state index is 0.565. The van der Waals surface area contributed by atoms with E-state index >= 15 is 0 Å². The summed E-state index contributed by atoms with van der Waals surface area (Å²) in [5.41, 5.74) is 7.85. The van der Waals surface area contributed by atoms with E-state index in [-0.39, 0.29) is 0 Å². The number of nitrogens with two attached hydrogens (primary N) is 1. The molecular formula is C16H24ClN3. The lowest BCUT2D eigenvalue weighted by atomic mass is 10.0. The Bertz CT molecular complexity index is 560. The minimum Gasteiger partial charge on any atom is -0.369 e. The van der Waals surface area contributed by atoms with Gasteiger partial charge in [-0.15, -0.1) is 0 Å². The molecule has 0 radical (unpaired) electrons. The quantitative estimate of drug-likeness (QED) is 0.740. The molecule has 110 valence electrons. The van der Waals surface area contributed by atoms with Gasteiger partial charge in [-0.05, 0) is 24.5 Å². The van der Waals surface area contributed by atoms with Crippen molar-refractivity contribution in [3.63, 3.8) is 0 Å². The van der Waals surface area contributed by atoms with Crippen molar-refractivity contribution in [2.75, 3.05) is 5.73 Å². The molecule has 20 heavy (non-hydrogen) atoms. The van der Waals surface area contributed by atoms with Crippen LogP contribution >= 0.6 is 11.6 Å². The second-order valence-electron chi connectivity index (χ2n) is 5.83. The number of anilines is 1. The van der Waals surface area contributed by atoms with E-state index in [1.54, 1.807) is 0 Å². The van der Waals surface area contributed by atoms with E-state index in [1.165, 1.54) is 25.7 Å². The first-order valence-electron chi connectivity index (χ1n) is 7.50. The van der Waals surface area contributed by atoms with Crippen LogP contribution in [0.15, 0.2) is 18.2 Å². The Kier molecular flexibility index (Phi) is 5.30. The Morgan fingerprint density at radius 1 is 1.20 bits per heavy atom. The summed E-state index contributed by atoms with van der Waals surface area (Å²) in [5, 5.41) is 0.728. The highest BCUT2D eigenvalue weighted by Crippen LogP contribution is 2.26. The number of unbranched alkanes of at least 4 members (excludes halogenated alkanes) is 3. The van der Waals surface area contributed by atoms with Crippen molar-refractivity contribution in [2.45, 2.75) is 52.5 Å². The molecule has 2 aromatic rings. The molecule has 1 heterocycles. The fourth-order valence-corrected chi connectivity index (χ4v) is 2.83. The molecule has 0 saturated carbocycles. The van der Waals surface area contributed by atoms with Gasteiger partial charge in [0.1, 0.15) is 0 Å². The first-order valence-corrected chi connectivity index (χ1v) is 7.87. The largest absolute Gasteiger partial charge is 0.369 e. The van der Waals surface area contributed by atoms with E-state index < -0.39 is 0 Å². The number of hydrogen-bond donors (Lipinski definition) is 1. The Balaban J connectivity index is 1.92. The van der Waals surface area contributed by atoms with Crippen LogP contribution in [-0.2, 0) is 6.54 Å². The fraction of sp³-hybridized carbons (Fsp3) is 0.562. The average molecular weight is 294 g/mol. The van der Waals surface area contributed by atoms with E-state index in [9.17, 15) is 0 Å². The maximum Gasteiger partial charge on any atom is 0.201 e. The Morgan fingerprint density at radius 3 is 2.70 bits per heavy atom. The number of aryl methyl sites for hydroxylation is 1. The van der Waals surface area contributed by atoms with Crippen LogP contribution in [0.3, 0.4) is 0 Å². The van der Waals surface area contributed by atoms with Gasteiger partial charge in [0, 0.05) is 6.54 Å². The number of rotatable bonds is 7. The molecule has 0 aliphatic carbocycles. The highest BCUT2D eigenvalue weighted by atomic mass is 35.5. The van der Waals surface area contributed by atoms with Gasteiger partial charge in [0.05, 0.1) is 16.1 Å². The molecule has 0 unspecified atom stereocenters. The molecule has 1 aromatic heterocycles. The standard InChI is InChI=1S/C16H24ClN3/c1-12(2)8-5-3-4-6-11-20-15-13(17)9-7-10-14(15)19-16(20)18/h7,9-10,12H,3-6,8,11H2,1-2H3,(H2,18,19). The third kappa shape index (κ3) is 3.66. The summed E-state index contributed by atoms with van der Waals surface area (Å²) >= 11 is 6.26. The van der Waals surface area contributed by atoms with Gasteiger partial charge in [-0.3, -0.25) is 0 Å². The van der Waals surface area contributed by atoms with Crippen molar-refractivity contribution in [1.82, 2.24) is 9.55 Å². The number of aromatic nitrogens is 2. The van der Waals surface area contributed by atoms with Crippen molar-refractivity contribution >= 4 is 28.6 Å². The number of halogens is 1. The lowest BCUT2D eigenvalue weighted by Gasteiger charge is -2.08. The number of imidazole rings is 1. The van der Waals surface area contributed by atoms with Gasteiger partial charge in [-0.25, -0.2) is 4.98 Å². The first-order chi connectivity index (χ1) is 9.59. The number of nitrogens with zero attached hydrogens (tertiary/aromatic N) is 2. The number of para-hydroxylation sites is 1. The second kappa shape index (κ2) is 6.98. The predicted octanol–water partition coefficient (Wildman–Crippen LogP) is 4.88. The summed E-state index contributed by atoms with van der Waals surface area (Å²) in [7, 11) is 0. The average Bonchev–Trinajstić information content (AvgIpc) is 2.71. The minimum absolute atomic E-state index is 0.565. The fourth-order valence-electron chi connectivity index (χ4n) is 2.56. The molecule has 0 spiro atoms. The number of hydrogen-bond acceptors (Lipinski definition) is 2. The summed E-state index contributed by atoms with van der Waals surface area (Å²) in [6.07, 6.45) is 6.29. The Hall–Kier alpha value is -1.22. The molecule has 0 bridgehead atoms. The molecule has 0 atom stereocenters.